The summed E-state index contributed by atoms with van der Waals surface area (Å²) in [5.41, 5.74) is 0. The van der Waals surface area contributed by atoms with Gasteiger partial charge in [0.1, 0.15) is 12.4 Å². The molecule has 106 valence electrons. The fraction of sp³-hybridized carbons (Fsp3) is 0.375. The van der Waals surface area contributed by atoms with Crippen LogP contribution in [0.2, 0.25) is 0 Å². The molecule has 0 unspecified atom stereocenters. The fourth-order valence-electron chi connectivity index (χ4n) is 2.43. The number of ether oxygens (including phenoxy) is 2. The van der Waals surface area contributed by atoms with E-state index in [0.717, 1.165) is 43.1 Å². The number of nitrogens with zero attached hydrogens (tertiary/aromatic N) is 1. The molecule has 0 amide bonds. The average Bonchev–Trinajstić information content (AvgIpc) is 2.51. The van der Waals surface area contributed by atoms with Crippen LogP contribution < -0.4 is 4.74 Å². The predicted octanol–water partition coefficient (Wildman–Crippen LogP) is 3.31. The first kappa shape index (κ1) is 13.9. The van der Waals surface area contributed by atoms with Crippen LogP contribution in [0, 0.1) is 0 Å². The number of hydrogen-bond donors (Lipinski definition) is 0. The molecular formula is C16H18BrNO2. The van der Waals surface area contributed by atoms with Crippen molar-refractivity contribution in [3.8, 4) is 5.75 Å². The summed E-state index contributed by atoms with van der Waals surface area (Å²) in [6, 6.07) is 12.4. The van der Waals surface area contributed by atoms with Crippen LogP contribution in [0.15, 0.2) is 40.9 Å². The first-order valence-corrected chi connectivity index (χ1v) is 7.74. The van der Waals surface area contributed by atoms with E-state index in [9.17, 15) is 0 Å². The Labute approximate surface area is 127 Å². The Morgan fingerprint density at radius 3 is 2.75 bits per heavy atom. The highest BCUT2D eigenvalue weighted by atomic mass is 79.9. The molecule has 2 aromatic carbocycles. The van der Waals surface area contributed by atoms with E-state index < -0.39 is 0 Å². The van der Waals surface area contributed by atoms with Crippen molar-refractivity contribution < 1.29 is 9.47 Å². The van der Waals surface area contributed by atoms with E-state index >= 15 is 0 Å². The summed E-state index contributed by atoms with van der Waals surface area (Å²) in [6.45, 7) is 5.32. The molecule has 0 aromatic heterocycles. The number of morpholine rings is 1. The zero-order valence-corrected chi connectivity index (χ0v) is 12.9. The van der Waals surface area contributed by atoms with Gasteiger partial charge in [0.15, 0.2) is 0 Å². The topological polar surface area (TPSA) is 21.7 Å². The van der Waals surface area contributed by atoms with Crippen molar-refractivity contribution in [3.05, 3.63) is 40.9 Å². The van der Waals surface area contributed by atoms with E-state index in [2.05, 4.69) is 39.0 Å². The van der Waals surface area contributed by atoms with E-state index in [4.69, 9.17) is 9.47 Å². The minimum atomic E-state index is 0.705. The third kappa shape index (κ3) is 3.14. The second kappa shape index (κ2) is 6.57. The van der Waals surface area contributed by atoms with Crippen LogP contribution in [0.4, 0.5) is 0 Å². The van der Waals surface area contributed by atoms with Crippen molar-refractivity contribution in [3.63, 3.8) is 0 Å². The van der Waals surface area contributed by atoms with Gasteiger partial charge < -0.3 is 9.47 Å². The number of hydrogen-bond acceptors (Lipinski definition) is 3. The van der Waals surface area contributed by atoms with Crippen molar-refractivity contribution in [1.82, 2.24) is 4.90 Å². The van der Waals surface area contributed by atoms with Gasteiger partial charge in [-0.05, 0) is 32.8 Å². The van der Waals surface area contributed by atoms with Crippen molar-refractivity contribution in [2.45, 2.75) is 0 Å². The average molecular weight is 336 g/mol. The molecule has 1 fully saturated rings. The molecule has 0 N–H and O–H groups in total. The molecule has 1 heterocycles. The first-order valence-electron chi connectivity index (χ1n) is 6.95. The highest BCUT2D eigenvalue weighted by molar-refractivity contribution is 9.10. The summed E-state index contributed by atoms with van der Waals surface area (Å²) in [5, 5.41) is 2.41. The van der Waals surface area contributed by atoms with Crippen LogP contribution in [-0.4, -0.2) is 44.4 Å². The van der Waals surface area contributed by atoms with Crippen molar-refractivity contribution in [2.24, 2.45) is 0 Å². The third-order valence-electron chi connectivity index (χ3n) is 3.60. The van der Waals surface area contributed by atoms with Gasteiger partial charge in [0, 0.05) is 19.6 Å². The lowest BCUT2D eigenvalue weighted by Crippen LogP contribution is -2.38. The maximum atomic E-state index is 5.92. The minimum absolute atomic E-state index is 0.705. The Balaban J connectivity index is 1.63. The molecule has 1 saturated heterocycles. The first-order chi connectivity index (χ1) is 9.84. The third-order valence-corrected chi connectivity index (χ3v) is 4.41. The summed E-state index contributed by atoms with van der Waals surface area (Å²) in [4.78, 5) is 2.37. The number of fused-ring (bicyclic) bond motifs is 1. The monoisotopic (exact) mass is 335 g/mol. The summed E-state index contributed by atoms with van der Waals surface area (Å²) in [6.07, 6.45) is 0. The Morgan fingerprint density at radius 2 is 1.90 bits per heavy atom. The second-order valence-corrected chi connectivity index (χ2v) is 5.69. The van der Waals surface area contributed by atoms with Gasteiger partial charge in [0.2, 0.25) is 0 Å². The van der Waals surface area contributed by atoms with Crippen molar-refractivity contribution in [1.29, 1.82) is 0 Å². The van der Waals surface area contributed by atoms with Gasteiger partial charge >= 0.3 is 0 Å². The second-order valence-electron chi connectivity index (χ2n) is 4.90. The van der Waals surface area contributed by atoms with Crippen molar-refractivity contribution in [2.75, 3.05) is 39.5 Å². The van der Waals surface area contributed by atoms with E-state index in [1.54, 1.807) is 0 Å². The Morgan fingerprint density at radius 1 is 1.10 bits per heavy atom. The van der Waals surface area contributed by atoms with Gasteiger partial charge in [-0.3, -0.25) is 4.90 Å². The van der Waals surface area contributed by atoms with Crippen molar-refractivity contribution >= 4 is 26.7 Å². The van der Waals surface area contributed by atoms with Crippen LogP contribution in [0.1, 0.15) is 0 Å². The lowest BCUT2D eigenvalue weighted by Gasteiger charge is -2.26. The highest BCUT2D eigenvalue weighted by Crippen LogP contribution is 2.32. The summed E-state index contributed by atoms with van der Waals surface area (Å²) >= 11 is 3.65. The largest absolute Gasteiger partial charge is 0.491 e. The molecule has 0 atom stereocenters. The summed E-state index contributed by atoms with van der Waals surface area (Å²) in [7, 11) is 0. The van der Waals surface area contributed by atoms with Crippen LogP contribution in [0.5, 0.6) is 5.75 Å². The number of benzene rings is 2. The van der Waals surface area contributed by atoms with Crippen LogP contribution in [-0.2, 0) is 4.74 Å². The SMILES string of the molecule is Brc1c(OCCN2CCOCC2)ccc2ccccc12. The van der Waals surface area contributed by atoms with Gasteiger partial charge in [-0.25, -0.2) is 0 Å². The van der Waals surface area contributed by atoms with Gasteiger partial charge in [-0.2, -0.15) is 0 Å². The Hall–Kier alpha value is -1.10. The van der Waals surface area contributed by atoms with Gasteiger partial charge in [0.05, 0.1) is 17.7 Å². The molecule has 0 saturated carbocycles. The molecule has 0 bridgehead atoms. The number of rotatable bonds is 4. The van der Waals surface area contributed by atoms with E-state index in [-0.39, 0.29) is 0 Å². The van der Waals surface area contributed by atoms with Gasteiger partial charge in [-0.1, -0.05) is 30.3 Å². The maximum absolute atomic E-state index is 5.92. The quantitative estimate of drug-likeness (QED) is 0.855. The maximum Gasteiger partial charge on any atom is 0.134 e. The lowest BCUT2D eigenvalue weighted by atomic mass is 10.1. The number of halogens is 1. The van der Waals surface area contributed by atoms with Gasteiger partial charge in [-0.15, -0.1) is 0 Å². The molecule has 1 aliphatic heterocycles. The molecule has 1 aliphatic rings. The highest BCUT2D eigenvalue weighted by Gasteiger charge is 2.11. The lowest BCUT2D eigenvalue weighted by molar-refractivity contribution is 0.0322. The molecule has 3 nitrogen and oxygen atoms in total. The van der Waals surface area contributed by atoms with E-state index in [1.807, 2.05) is 18.2 Å². The predicted molar refractivity (Wildman–Crippen MR) is 84.4 cm³/mol. The normalized spacial score (nSPS) is 16.4. The fourth-order valence-corrected chi connectivity index (χ4v) is 3.04. The molecule has 0 spiro atoms. The van der Waals surface area contributed by atoms with Crippen LogP contribution in [0.3, 0.4) is 0 Å². The molecule has 20 heavy (non-hydrogen) atoms. The zero-order valence-electron chi connectivity index (χ0n) is 11.3. The van der Waals surface area contributed by atoms with Crippen LogP contribution >= 0.6 is 15.9 Å². The Bertz CT molecular complexity index is 582. The molecule has 0 radical (unpaired) electrons. The zero-order chi connectivity index (χ0) is 13.8. The minimum Gasteiger partial charge on any atom is -0.491 e. The molecule has 3 rings (SSSR count). The molecule has 0 aliphatic carbocycles. The van der Waals surface area contributed by atoms with E-state index in [1.165, 1.54) is 10.8 Å². The smallest absolute Gasteiger partial charge is 0.134 e. The summed E-state index contributed by atoms with van der Waals surface area (Å²) < 4.78 is 12.3. The molecule has 2 aromatic rings. The molecular weight excluding hydrogens is 318 g/mol. The van der Waals surface area contributed by atoms with E-state index in [0.29, 0.717) is 6.61 Å². The molecule has 4 heteroatoms. The Kier molecular flexibility index (Phi) is 4.55. The van der Waals surface area contributed by atoms with Crippen LogP contribution in [0.25, 0.3) is 10.8 Å². The van der Waals surface area contributed by atoms with Gasteiger partial charge in [0.25, 0.3) is 0 Å². The summed E-state index contributed by atoms with van der Waals surface area (Å²) in [5.74, 6) is 0.914. The standard InChI is InChI=1S/C16H18BrNO2/c17-16-14-4-2-1-3-13(14)5-6-15(16)20-12-9-18-7-10-19-11-8-18/h1-6H,7-12H2.